The van der Waals surface area contributed by atoms with E-state index in [-0.39, 0.29) is 32.7 Å². The van der Waals surface area contributed by atoms with E-state index >= 15 is 0 Å². The van der Waals surface area contributed by atoms with Crippen LogP contribution in [0.15, 0.2) is 0 Å². The molecule has 0 aliphatic heterocycles. The molecule has 0 saturated carbocycles. The average molecular weight is 247 g/mol. The Hall–Kier alpha value is -1.46. The summed E-state index contributed by atoms with van der Waals surface area (Å²) in [6, 6.07) is 0. The van der Waals surface area contributed by atoms with Crippen LogP contribution in [0.25, 0.3) is 0 Å². The molecule has 11 heavy (non-hydrogen) atoms. The van der Waals surface area contributed by atoms with Crippen molar-refractivity contribution in [2.45, 2.75) is 0 Å². The van der Waals surface area contributed by atoms with Gasteiger partial charge in [-0.1, -0.05) is 0 Å². The molecule has 0 amide bonds. The molecule has 0 radical (unpaired) electrons. The van der Waals surface area contributed by atoms with E-state index in [0.717, 1.165) is 0 Å². The molecular weight excluding hydrogens is 239 g/mol. The van der Waals surface area contributed by atoms with E-state index in [1.54, 1.807) is 0 Å². The van der Waals surface area contributed by atoms with E-state index < -0.39 is 0 Å². The van der Waals surface area contributed by atoms with Crippen molar-refractivity contribution in [1.29, 1.82) is 21.0 Å². The number of rotatable bonds is 0. The predicted molar refractivity (Wildman–Crippen MR) is 31.8 cm³/mol. The van der Waals surface area contributed by atoms with Gasteiger partial charge in [0.2, 0.25) is 0 Å². The molecule has 0 heterocycles. The van der Waals surface area contributed by atoms with Crippen LogP contribution in [0.3, 0.4) is 0 Å². The van der Waals surface area contributed by atoms with Crippen molar-refractivity contribution >= 4 is 0 Å². The fraction of sp³-hybridized carbons (Fsp3) is 0. The second-order valence-corrected chi connectivity index (χ2v) is 0. The monoisotopic (exact) mass is 246 g/mol. The molecule has 0 saturated heterocycles. The van der Waals surface area contributed by atoms with Crippen molar-refractivity contribution in [2.75, 3.05) is 0 Å². The fourth-order valence-electron chi connectivity index (χ4n) is 0. The van der Waals surface area contributed by atoms with E-state index in [4.69, 9.17) is 47.3 Å². The van der Waals surface area contributed by atoms with Gasteiger partial charge in [-0.3, -0.25) is 0 Å². The Morgan fingerprint density at radius 3 is 0.455 bits per heavy atom. The van der Waals surface area contributed by atoms with E-state index in [1.807, 2.05) is 0 Å². The van der Waals surface area contributed by atoms with Crippen molar-refractivity contribution in [1.82, 2.24) is 12.3 Å². The zero-order valence-electron chi connectivity index (χ0n) is 6.11. The van der Waals surface area contributed by atoms with Gasteiger partial charge in [0, 0.05) is 0 Å². The third kappa shape index (κ3) is 172. The Bertz CT molecular complexity index is 57.6. The molecule has 8 N–H and O–H groups in total. The zero-order chi connectivity index (χ0) is 8.00. The Morgan fingerprint density at radius 1 is 0.455 bits per heavy atom. The van der Waals surface area contributed by atoms with Crippen LogP contribution in [0.4, 0.5) is 0 Å². The third-order valence-corrected chi connectivity index (χ3v) is 0. The molecule has 0 aromatic rings. The van der Waals surface area contributed by atoms with Crippen molar-refractivity contribution < 1.29 is 20.4 Å². The number of nitrogens with zero attached hydrogens (tertiary/aromatic N) is 4. The van der Waals surface area contributed by atoms with Crippen LogP contribution in [0.2, 0.25) is 0 Å². The first-order valence-electron chi connectivity index (χ1n) is 0.894. The molecule has 64 valence electrons. The van der Waals surface area contributed by atoms with Crippen LogP contribution in [-0.4, -0.2) is 0 Å². The molecule has 0 rings (SSSR count). The molecule has 6 nitrogen and oxygen atoms in total. The van der Waals surface area contributed by atoms with Gasteiger partial charge in [-0.25, -0.2) is 0 Å². The molecule has 0 aliphatic rings. The van der Waals surface area contributed by atoms with E-state index in [2.05, 4.69) is 0 Å². The quantitative estimate of drug-likeness (QED) is 0.482. The van der Waals surface area contributed by atoms with Gasteiger partial charge in [0.25, 0.3) is 0 Å². The van der Waals surface area contributed by atoms with Crippen LogP contribution in [0.5, 0.6) is 0 Å². The summed E-state index contributed by atoms with van der Waals surface area (Å²) in [4.78, 5) is 0. The van der Waals surface area contributed by atoms with Crippen molar-refractivity contribution in [2.24, 2.45) is 0 Å². The van der Waals surface area contributed by atoms with Crippen LogP contribution in [-0.2, 0) is 20.4 Å². The summed E-state index contributed by atoms with van der Waals surface area (Å²) >= 11 is 0. The Kier molecular flexibility index (Phi) is 2240. The molecule has 0 unspecified atom stereocenters. The van der Waals surface area contributed by atoms with E-state index in [1.165, 1.54) is 0 Å². The summed E-state index contributed by atoms with van der Waals surface area (Å²) in [7, 11) is 0. The Balaban J connectivity index is -0.00000000356. The third-order valence-electron chi connectivity index (χ3n) is 0. The summed E-state index contributed by atoms with van der Waals surface area (Å²) in [6.45, 7) is 19.0. The summed E-state index contributed by atoms with van der Waals surface area (Å²) in [6.07, 6.45) is 0. The first kappa shape index (κ1) is 108. The maximum atomic E-state index is 6.25. The summed E-state index contributed by atoms with van der Waals surface area (Å²) in [5.41, 5.74) is 0. The maximum Gasteiger partial charge on any atom is 2.00 e. The molecule has 0 spiro atoms. The van der Waals surface area contributed by atoms with Gasteiger partial charge < -0.3 is 59.6 Å². The second kappa shape index (κ2) is 229. The summed E-state index contributed by atoms with van der Waals surface area (Å²) in [5.74, 6) is 0. The van der Waals surface area contributed by atoms with Crippen LogP contribution in [0.1, 0.15) is 0 Å². The van der Waals surface area contributed by atoms with E-state index in [9.17, 15) is 0 Å². The topological polar surface area (TPSA) is 168 Å². The number of hydrogen-bond acceptors (Lipinski definition) is 4. The number of hydrogen-bond donors (Lipinski definition) is 2. The minimum atomic E-state index is 0. The molecule has 0 aromatic carbocycles. The van der Waals surface area contributed by atoms with Crippen LogP contribution >= 0.6 is 0 Å². The van der Waals surface area contributed by atoms with Gasteiger partial charge in [-0.15, -0.1) is 0 Å². The largest absolute Gasteiger partial charge is 2.00 e. The van der Waals surface area contributed by atoms with Gasteiger partial charge in [0.1, 0.15) is 0 Å². The Morgan fingerprint density at radius 2 is 0.455 bits per heavy atom. The number of quaternary nitrogens is 2. The van der Waals surface area contributed by atoms with Gasteiger partial charge in [-0.2, -0.15) is 0 Å². The minimum absolute atomic E-state index is 0. The average Bonchev–Trinajstić information content (AvgIpc) is 2.03. The predicted octanol–water partition coefficient (Wildman–Crippen LogP) is 1.14. The molecule has 0 aromatic heterocycles. The Labute approximate surface area is 80.5 Å². The van der Waals surface area contributed by atoms with Gasteiger partial charge >= 0.3 is 20.4 Å². The van der Waals surface area contributed by atoms with Crippen molar-refractivity contribution in [3.05, 3.63) is 26.3 Å². The van der Waals surface area contributed by atoms with Crippen molar-refractivity contribution in [3.8, 4) is 0 Å². The van der Waals surface area contributed by atoms with Gasteiger partial charge in [-0.05, 0) is 0 Å². The second-order valence-electron chi connectivity index (χ2n) is 0. The molecule has 0 aliphatic carbocycles. The van der Waals surface area contributed by atoms with Gasteiger partial charge in [0.05, 0.1) is 0 Å². The van der Waals surface area contributed by atoms with Gasteiger partial charge in [0.15, 0.2) is 0 Å². The van der Waals surface area contributed by atoms with E-state index in [0.29, 0.717) is 0 Å². The zero-order valence-corrected chi connectivity index (χ0v) is 7.66. The summed E-state index contributed by atoms with van der Waals surface area (Å²) < 4.78 is 0. The fourth-order valence-corrected chi connectivity index (χ4v) is 0. The molecule has 0 atom stereocenters. The molecule has 7 heteroatoms. The molecule has 0 bridgehead atoms. The van der Waals surface area contributed by atoms with Crippen LogP contribution in [0, 0.1) is 47.3 Å². The maximum absolute atomic E-state index is 6.25. The van der Waals surface area contributed by atoms with Crippen LogP contribution < -0.4 is 12.3 Å². The molecule has 0 fully saturated rings. The van der Waals surface area contributed by atoms with Crippen molar-refractivity contribution in [3.63, 3.8) is 0 Å². The standard InChI is InChI=1S/4CN.2H3N.Pd/c4*1-2;;;/h;;;;2*1H3;/q4*-1;;;+2/p+2. The SMILES string of the molecule is [C-]#N.[C-]#N.[C-]#N.[C-]#N.[NH4+].[NH4+].[Pd+2]. The first-order chi connectivity index (χ1) is 4.00. The summed E-state index contributed by atoms with van der Waals surface area (Å²) in [5, 5.41) is 25.0. The molecular formula is C4H8N6Pd. The minimum Gasteiger partial charge on any atom is -0.512 e. The normalized spacial score (nSPS) is 0.727. The smallest absolute Gasteiger partial charge is 0.512 e. The first-order valence-corrected chi connectivity index (χ1v) is 0.894.